The number of hydrogen-bond acceptors (Lipinski definition) is 7. The number of nitrogens with zero attached hydrogens (tertiary/aromatic N) is 3. The lowest BCUT2D eigenvalue weighted by Crippen LogP contribution is -2.56. The Morgan fingerprint density at radius 2 is 2.30 bits per heavy atom. The van der Waals surface area contributed by atoms with Gasteiger partial charge in [0, 0.05) is 24.0 Å². The normalized spacial score (nSPS) is 23.1. The largest absolute Gasteiger partial charge is 0.486 e. The highest BCUT2D eigenvalue weighted by atomic mass is 35.5. The van der Waals surface area contributed by atoms with Crippen LogP contribution in [0, 0.1) is 0 Å². The van der Waals surface area contributed by atoms with Gasteiger partial charge in [-0.25, -0.2) is 9.78 Å². The molecule has 0 saturated carbocycles. The molecular weight excluding hydrogens is 412 g/mol. The van der Waals surface area contributed by atoms with Crippen LogP contribution < -0.4 is 15.0 Å². The van der Waals surface area contributed by atoms with Gasteiger partial charge in [-0.2, -0.15) is 4.98 Å². The minimum Gasteiger partial charge on any atom is -0.486 e. The van der Waals surface area contributed by atoms with Crippen LogP contribution in [0.3, 0.4) is 0 Å². The number of aliphatic hydroxyl groups excluding tert-OH is 1. The highest BCUT2D eigenvalue weighted by molar-refractivity contribution is 6.32. The van der Waals surface area contributed by atoms with Crippen molar-refractivity contribution in [2.45, 2.75) is 32.0 Å². The second kappa shape index (κ2) is 8.27. The molecule has 2 aliphatic rings. The van der Waals surface area contributed by atoms with Gasteiger partial charge in [0.1, 0.15) is 29.1 Å². The molecular formula is C20H22ClN4O5+. The molecule has 0 aromatic carbocycles. The first-order valence-electron chi connectivity index (χ1n) is 9.67. The van der Waals surface area contributed by atoms with Crippen LogP contribution in [0.5, 0.6) is 5.75 Å². The summed E-state index contributed by atoms with van der Waals surface area (Å²) in [5.74, 6) is 1.02. The number of fused-ring (bicyclic) bond motifs is 1. The summed E-state index contributed by atoms with van der Waals surface area (Å²) in [7, 11) is 0. The SMILES string of the molecule is NC(=O)[N@+]1(c2cc(OC3CCOC3)c(Cl)cn2)CCCc2cc(CO)c(C=O)nc21. The average Bonchev–Trinajstić information content (AvgIpc) is 3.26. The van der Waals surface area contributed by atoms with E-state index >= 15 is 0 Å². The van der Waals surface area contributed by atoms with Crippen molar-refractivity contribution in [2.75, 3.05) is 19.8 Å². The zero-order chi connectivity index (χ0) is 21.3. The summed E-state index contributed by atoms with van der Waals surface area (Å²) in [6.07, 6.45) is 3.85. The number of rotatable bonds is 5. The van der Waals surface area contributed by atoms with E-state index in [0.717, 1.165) is 12.0 Å². The van der Waals surface area contributed by atoms with Crippen LogP contribution in [0.2, 0.25) is 5.02 Å². The molecule has 2 amide bonds. The fourth-order valence-corrected chi connectivity index (χ4v) is 4.16. The molecule has 2 aromatic rings. The number of halogens is 1. The Hall–Kier alpha value is -2.59. The van der Waals surface area contributed by atoms with E-state index in [1.807, 2.05) is 0 Å². The van der Waals surface area contributed by atoms with Gasteiger partial charge in [-0.1, -0.05) is 11.6 Å². The number of aliphatic hydroxyl groups is 1. The number of nitrogens with two attached hydrogens (primary N) is 1. The first-order chi connectivity index (χ1) is 14.5. The Labute approximate surface area is 178 Å². The Balaban J connectivity index is 1.86. The van der Waals surface area contributed by atoms with Crippen molar-refractivity contribution < 1.29 is 24.2 Å². The molecule has 2 atom stereocenters. The molecule has 9 nitrogen and oxygen atoms in total. The number of carbonyl (C=O) groups is 2. The molecule has 10 heteroatoms. The number of ether oxygens (including phenoxy) is 2. The molecule has 158 valence electrons. The fraction of sp³-hybridized carbons (Fsp3) is 0.400. The van der Waals surface area contributed by atoms with Crippen molar-refractivity contribution in [3.8, 4) is 5.75 Å². The summed E-state index contributed by atoms with van der Waals surface area (Å²) in [6, 6.07) is 2.62. The fourth-order valence-electron chi connectivity index (χ4n) is 4.01. The number of primary amides is 1. The van der Waals surface area contributed by atoms with Gasteiger partial charge in [-0.15, -0.1) is 4.48 Å². The average molecular weight is 434 g/mol. The highest BCUT2D eigenvalue weighted by Gasteiger charge is 2.48. The highest BCUT2D eigenvalue weighted by Crippen LogP contribution is 2.42. The standard InChI is InChI=1S/C20H21ClN4O5/c21-15-8-23-18(7-17(15)30-14-3-5-29-11-14)25(20(22)28)4-1-2-12-6-13(9-26)16(10-27)24-19(12)25/h6-8,10,14,26H,1-5,9,11H2,(H-,22,28)/p+1/t14?,25-/m0/s1. The third-order valence-electron chi connectivity index (χ3n) is 5.53. The van der Waals surface area contributed by atoms with E-state index in [1.54, 1.807) is 12.1 Å². The number of pyridine rings is 2. The Bertz CT molecular complexity index is 995. The Morgan fingerprint density at radius 1 is 1.47 bits per heavy atom. The second-order valence-electron chi connectivity index (χ2n) is 7.34. The molecule has 2 aromatic heterocycles. The maximum absolute atomic E-state index is 12.8. The third-order valence-corrected chi connectivity index (χ3v) is 5.81. The van der Waals surface area contributed by atoms with Crippen LogP contribution in [0.25, 0.3) is 0 Å². The lowest BCUT2D eigenvalue weighted by molar-refractivity contribution is 0.111. The summed E-state index contributed by atoms with van der Waals surface area (Å²) in [5.41, 5.74) is 7.09. The van der Waals surface area contributed by atoms with Gasteiger partial charge in [-0.3, -0.25) is 4.79 Å². The van der Waals surface area contributed by atoms with Crippen LogP contribution in [0.15, 0.2) is 18.3 Å². The van der Waals surface area contributed by atoms with Gasteiger partial charge >= 0.3 is 6.03 Å². The van der Waals surface area contributed by atoms with Gasteiger partial charge in [-0.05, 0) is 12.5 Å². The second-order valence-corrected chi connectivity index (χ2v) is 7.75. The lowest BCUT2D eigenvalue weighted by atomic mass is 10.00. The van der Waals surface area contributed by atoms with Gasteiger partial charge in [0.2, 0.25) is 11.6 Å². The van der Waals surface area contributed by atoms with Crippen LogP contribution in [-0.4, -0.2) is 53.3 Å². The number of carbonyl (C=O) groups excluding carboxylic acids is 2. The minimum atomic E-state index is -0.679. The van der Waals surface area contributed by atoms with Crippen molar-refractivity contribution in [3.05, 3.63) is 40.2 Å². The van der Waals surface area contributed by atoms with Crippen LogP contribution in [0.1, 0.15) is 34.5 Å². The summed E-state index contributed by atoms with van der Waals surface area (Å²) < 4.78 is 10.8. The van der Waals surface area contributed by atoms with Gasteiger partial charge in [0.15, 0.2) is 6.29 Å². The molecule has 4 heterocycles. The molecule has 4 rings (SSSR count). The molecule has 3 N–H and O–H groups in total. The Kier molecular flexibility index (Phi) is 5.70. The van der Waals surface area contributed by atoms with E-state index in [4.69, 9.17) is 26.8 Å². The summed E-state index contributed by atoms with van der Waals surface area (Å²) in [5, 5.41) is 9.87. The quantitative estimate of drug-likeness (QED) is 0.547. The van der Waals surface area contributed by atoms with Gasteiger partial charge < -0.3 is 20.3 Å². The van der Waals surface area contributed by atoms with E-state index in [0.29, 0.717) is 66.9 Å². The van der Waals surface area contributed by atoms with E-state index in [-0.39, 0.29) is 18.4 Å². The van der Waals surface area contributed by atoms with Crippen molar-refractivity contribution in [1.82, 2.24) is 14.5 Å². The molecule has 0 radical (unpaired) electrons. The predicted molar refractivity (Wildman–Crippen MR) is 109 cm³/mol. The number of aldehydes is 1. The number of aromatic nitrogens is 2. The minimum absolute atomic E-state index is 0.0652. The van der Waals surface area contributed by atoms with Crippen molar-refractivity contribution in [3.63, 3.8) is 0 Å². The molecule has 30 heavy (non-hydrogen) atoms. The molecule has 1 unspecified atom stereocenters. The zero-order valence-corrected chi connectivity index (χ0v) is 17.0. The van der Waals surface area contributed by atoms with Crippen molar-refractivity contribution in [2.24, 2.45) is 5.73 Å². The van der Waals surface area contributed by atoms with E-state index < -0.39 is 10.5 Å². The van der Waals surface area contributed by atoms with E-state index in [9.17, 15) is 14.7 Å². The molecule has 0 spiro atoms. The number of quaternary nitrogens is 1. The molecule has 1 fully saturated rings. The maximum Gasteiger partial charge on any atom is 0.426 e. The maximum atomic E-state index is 12.8. The first-order valence-corrected chi connectivity index (χ1v) is 10.1. The van der Waals surface area contributed by atoms with Crippen molar-refractivity contribution in [1.29, 1.82) is 0 Å². The topological polar surface area (TPSA) is 125 Å². The number of aryl methyl sites for hydroxylation is 1. The number of hydrogen-bond donors (Lipinski definition) is 2. The predicted octanol–water partition coefficient (Wildman–Crippen LogP) is 2.27. The first kappa shape index (κ1) is 20.7. The summed E-state index contributed by atoms with van der Waals surface area (Å²) >= 11 is 6.28. The third kappa shape index (κ3) is 3.43. The smallest absolute Gasteiger partial charge is 0.426 e. The van der Waals surface area contributed by atoms with Crippen LogP contribution in [0.4, 0.5) is 16.4 Å². The summed E-state index contributed by atoms with van der Waals surface area (Å²) in [6.45, 7) is 1.07. The number of amides is 2. The van der Waals surface area contributed by atoms with E-state index in [2.05, 4.69) is 9.97 Å². The van der Waals surface area contributed by atoms with Crippen molar-refractivity contribution >= 4 is 35.6 Å². The Morgan fingerprint density at radius 3 is 2.97 bits per heavy atom. The zero-order valence-electron chi connectivity index (χ0n) is 16.2. The lowest BCUT2D eigenvalue weighted by Gasteiger charge is -2.35. The molecule has 0 bridgehead atoms. The van der Waals surface area contributed by atoms with Gasteiger partial charge in [0.25, 0.3) is 0 Å². The number of urea groups is 1. The molecule has 2 aliphatic heterocycles. The monoisotopic (exact) mass is 433 g/mol. The van der Waals surface area contributed by atoms with Crippen LogP contribution >= 0.6 is 11.6 Å². The molecule has 1 saturated heterocycles. The summed E-state index contributed by atoms with van der Waals surface area (Å²) in [4.78, 5) is 33.1. The van der Waals surface area contributed by atoms with Gasteiger partial charge in [0.05, 0.1) is 32.1 Å². The molecule has 0 aliphatic carbocycles. The van der Waals surface area contributed by atoms with E-state index in [1.165, 1.54) is 6.20 Å². The van der Waals surface area contributed by atoms with Crippen LogP contribution in [-0.2, 0) is 17.8 Å².